The summed E-state index contributed by atoms with van der Waals surface area (Å²) in [6.07, 6.45) is 7.71. The van der Waals surface area contributed by atoms with Crippen LogP contribution in [0.5, 0.6) is 0 Å². The Kier molecular flexibility index (Phi) is 4.61. The van der Waals surface area contributed by atoms with E-state index in [1.807, 2.05) is 18.1 Å². The van der Waals surface area contributed by atoms with Crippen molar-refractivity contribution in [3.05, 3.63) is 24.4 Å². The average Bonchev–Trinajstić information content (AvgIpc) is 3.17. The predicted octanol–water partition coefficient (Wildman–Crippen LogP) is 2.58. The molecule has 0 amide bonds. The van der Waals surface area contributed by atoms with E-state index in [4.69, 9.17) is 4.98 Å². The number of rotatable bonds is 4. The van der Waals surface area contributed by atoms with Gasteiger partial charge in [0.2, 0.25) is 5.95 Å². The van der Waals surface area contributed by atoms with Crippen molar-refractivity contribution in [2.24, 2.45) is 5.41 Å². The first-order valence-corrected chi connectivity index (χ1v) is 11.2. The normalized spacial score (nSPS) is 23.1. The van der Waals surface area contributed by atoms with Crippen LogP contribution < -0.4 is 15.5 Å². The molecule has 0 atom stereocenters. The molecule has 6 nitrogen and oxygen atoms in total. The maximum absolute atomic E-state index is 4.93. The maximum Gasteiger partial charge on any atom is 0.223 e. The Balaban J connectivity index is 1.34. The molecule has 1 spiro atoms. The molecule has 1 aromatic heterocycles. The number of nitrogens with zero attached hydrogens (tertiary/aromatic N) is 4. The van der Waals surface area contributed by atoms with E-state index in [1.54, 1.807) is 0 Å². The van der Waals surface area contributed by atoms with Gasteiger partial charge in [0.15, 0.2) is 0 Å². The molecule has 0 radical (unpaired) electrons. The van der Waals surface area contributed by atoms with E-state index in [9.17, 15) is 0 Å². The third-order valence-electron chi connectivity index (χ3n) is 6.36. The number of nitrogens with one attached hydrogen (secondary N) is 2. The second-order valence-electron chi connectivity index (χ2n) is 8.22. The molecule has 2 N–H and O–H groups in total. The average molecular weight is 385 g/mol. The molecule has 5 rings (SSSR count). The molecule has 3 saturated heterocycles. The number of hydrogen-bond acceptors (Lipinski definition) is 7. The summed E-state index contributed by atoms with van der Waals surface area (Å²) in [6, 6.07) is 6.93. The van der Waals surface area contributed by atoms with Crippen molar-refractivity contribution in [3.63, 3.8) is 0 Å². The second-order valence-corrected chi connectivity index (χ2v) is 9.10. The van der Waals surface area contributed by atoms with Crippen molar-refractivity contribution in [1.82, 2.24) is 19.6 Å². The van der Waals surface area contributed by atoms with Crippen LogP contribution in [0, 0.1) is 5.41 Å². The van der Waals surface area contributed by atoms with Gasteiger partial charge in [0, 0.05) is 55.8 Å². The molecule has 3 fully saturated rings. The highest BCUT2D eigenvalue weighted by Gasteiger charge is 2.45. The fourth-order valence-corrected chi connectivity index (χ4v) is 5.31. The van der Waals surface area contributed by atoms with Crippen LogP contribution in [0.1, 0.15) is 19.3 Å². The van der Waals surface area contributed by atoms with Crippen LogP contribution in [-0.4, -0.2) is 65.8 Å². The number of para-hydroxylation sites is 1. The third-order valence-corrected chi connectivity index (χ3v) is 7.24. The fraction of sp³-hybridized carbons (Fsp3) is 0.600. The third kappa shape index (κ3) is 3.37. The summed E-state index contributed by atoms with van der Waals surface area (Å²) in [6.45, 7) is 6.85. The number of piperidine rings is 1. The highest BCUT2D eigenvalue weighted by Crippen LogP contribution is 2.40. The molecular weight excluding hydrogens is 356 g/mol. The van der Waals surface area contributed by atoms with E-state index in [-0.39, 0.29) is 0 Å². The summed E-state index contributed by atoms with van der Waals surface area (Å²) in [7, 11) is 0. The van der Waals surface area contributed by atoms with Crippen LogP contribution in [0.15, 0.2) is 24.4 Å². The van der Waals surface area contributed by atoms with E-state index in [0.717, 1.165) is 69.0 Å². The van der Waals surface area contributed by atoms with Crippen LogP contribution >= 0.6 is 11.9 Å². The van der Waals surface area contributed by atoms with Gasteiger partial charge in [-0.1, -0.05) is 24.1 Å². The van der Waals surface area contributed by atoms with Gasteiger partial charge in [-0.05, 0) is 38.1 Å². The standard InChI is InChI=1S/C20H28N6S/c1-27-26-9-5-16(6-10-26)23-19-22-11-15-3-2-4-17(18(15)24-19)25-13-20(14-25)7-8-21-12-20/h2-4,11,16,21H,5-10,12-14H2,1H3,(H,22,23,24). The molecule has 3 aliphatic heterocycles. The molecule has 0 saturated carbocycles. The lowest BCUT2D eigenvalue weighted by molar-refractivity contribution is 0.244. The first-order chi connectivity index (χ1) is 13.2. The summed E-state index contributed by atoms with van der Waals surface area (Å²) < 4.78 is 2.43. The summed E-state index contributed by atoms with van der Waals surface area (Å²) >= 11 is 1.84. The monoisotopic (exact) mass is 384 g/mol. The van der Waals surface area contributed by atoms with Crippen molar-refractivity contribution in [3.8, 4) is 0 Å². The first kappa shape index (κ1) is 17.5. The lowest BCUT2D eigenvalue weighted by Gasteiger charge is -2.49. The molecule has 144 valence electrons. The molecule has 0 unspecified atom stereocenters. The SMILES string of the molecule is CSN1CCC(Nc2ncc3cccc(N4CC5(CCNC5)C4)c3n2)CC1. The molecule has 0 bridgehead atoms. The second kappa shape index (κ2) is 7.11. The van der Waals surface area contributed by atoms with Crippen LogP contribution in [-0.2, 0) is 0 Å². The Labute approximate surface area is 165 Å². The van der Waals surface area contributed by atoms with E-state index in [1.165, 1.54) is 12.1 Å². The summed E-state index contributed by atoms with van der Waals surface area (Å²) in [5, 5.41) is 8.23. The van der Waals surface area contributed by atoms with Crippen LogP contribution in [0.3, 0.4) is 0 Å². The van der Waals surface area contributed by atoms with Gasteiger partial charge in [-0.15, -0.1) is 0 Å². The van der Waals surface area contributed by atoms with E-state index >= 15 is 0 Å². The molecule has 4 heterocycles. The lowest BCUT2D eigenvalue weighted by atomic mass is 9.78. The molecule has 3 aliphatic rings. The highest BCUT2D eigenvalue weighted by atomic mass is 32.2. The Hall–Kier alpha value is -1.57. The molecule has 7 heteroatoms. The zero-order valence-corrected chi connectivity index (χ0v) is 16.8. The van der Waals surface area contributed by atoms with Gasteiger partial charge in [-0.2, -0.15) is 0 Å². The number of hydrogen-bond donors (Lipinski definition) is 2. The quantitative estimate of drug-likeness (QED) is 0.786. The number of benzene rings is 1. The fourth-order valence-electron chi connectivity index (χ4n) is 4.73. The Morgan fingerprint density at radius 3 is 2.85 bits per heavy atom. The van der Waals surface area contributed by atoms with Crippen molar-refractivity contribution in [2.75, 3.05) is 55.7 Å². The van der Waals surface area contributed by atoms with Crippen LogP contribution in [0.2, 0.25) is 0 Å². The highest BCUT2D eigenvalue weighted by molar-refractivity contribution is 7.96. The zero-order valence-electron chi connectivity index (χ0n) is 15.9. The van der Waals surface area contributed by atoms with Gasteiger partial charge in [-0.3, -0.25) is 4.31 Å². The van der Waals surface area contributed by atoms with E-state index < -0.39 is 0 Å². The molecule has 1 aromatic carbocycles. The minimum absolute atomic E-state index is 0.467. The Morgan fingerprint density at radius 2 is 2.11 bits per heavy atom. The van der Waals surface area contributed by atoms with Crippen molar-refractivity contribution >= 4 is 34.5 Å². The van der Waals surface area contributed by atoms with Gasteiger partial charge in [0.05, 0.1) is 11.2 Å². The zero-order chi connectivity index (χ0) is 18.3. The van der Waals surface area contributed by atoms with Crippen LogP contribution in [0.25, 0.3) is 10.9 Å². The minimum atomic E-state index is 0.467. The van der Waals surface area contributed by atoms with Crippen molar-refractivity contribution < 1.29 is 0 Å². The van der Waals surface area contributed by atoms with Gasteiger partial charge < -0.3 is 15.5 Å². The van der Waals surface area contributed by atoms with E-state index in [2.05, 4.69) is 49.3 Å². The van der Waals surface area contributed by atoms with E-state index in [0.29, 0.717) is 11.5 Å². The maximum atomic E-state index is 4.93. The van der Waals surface area contributed by atoms with Gasteiger partial charge in [0.25, 0.3) is 0 Å². The largest absolute Gasteiger partial charge is 0.368 e. The molecule has 0 aliphatic carbocycles. The van der Waals surface area contributed by atoms with Gasteiger partial charge in [-0.25, -0.2) is 9.97 Å². The number of anilines is 2. The molecule has 27 heavy (non-hydrogen) atoms. The first-order valence-electron chi connectivity index (χ1n) is 10.0. The van der Waals surface area contributed by atoms with Crippen molar-refractivity contribution in [1.29, 1.82) is 0 Å². The smallest absolute Gasteiger partial charge is 0.223 e. The molecule has 2 aromatic rings. The summed E-state index contributed by atoms with van der Waals surface area (Å²) in [5.41, 5.74) is 2.83. The Bertz CT molecular complexity index is 805. The number of fused-ring (bicyclic) bond motifs is 1. The molecular formula is C20H28N6S. The predicted molar refractivity (Wildman–Crippen MR) is 113 cm³/mol. The topological polar surface area (TPSA) is 56.3 Å². The summed E-state index contributed by atoms with van der Waals surface area (Å²) in [5.74, 6) is 0.773. The van der Waals surface area contributed by atoms with Crippen molar-refractivity contribution in [2.45, 2.75) is 25.3 Å². The van der Waals surface area contributed by atoms with Gasteiger partial charge >= 0.3 is 0 Å². The Morgan fingerprint density at radius 1 is 1.26 bits per heavy atom. The van der Waals surface area contributed by atoms with Gasteiger partial charge in [0.1, 0.15) is 0 Å². The number of aromatic nitrogens is 2. The van der Waals surface area contributed by atoms with Crippen LogP contribution in [0.4, 0.5) is 11.6 Å². The lowest BCUT2D eigenvalue weighted by Crippen LogP contribution is -2.57. The minimum Gasteiger partial charge on any atom is -0.368 e. The summed E-state index contributed by atoms with van der Waals surface area (Å²) in [4.78, 5) is 12.0.